The monoisotopic (exact) mass is 2390 g/mol. The molecule has 0 amide bonds. The smallest absolute Gasteiger partial charge is 0.399 e. The van der Waals surface area contributed by atoms with Crippen molar-refractivity contribution in [1.29, 1.82) is 0 Å². The van der Waals surface area contributed by atoms with Gasteiger partial charge >= 0.3 is 12.1 Å². The Kier molecular flexibility index (Phi) is 46.8. The Morgan fingerprint density at radius 2 is 0.814 bits per heavy atom. The van der Waals surface area contributed by atoms with E-state index in [0.29, 0.717) is 75.6 Å². The number of hydrogen-bond acceptors (Lipinski definition) is 34. The molecule has 34 nitrogen and oxygen atoms in total. The molecule has 3 saturated carbocycles. The maximum Gasteiger partial charge on any atom is 0.505 e. The number of aliphatic hydroxyl groups excluding tert-OH is 1. The number of aliphatic hydroxyl groups is 4. The van der Waals surface area contributed by atoms with Crippen molar-refractivity contribution in [3.05, 3.63) is 145 Å². The third-order valence-corrected chi connectivity index (χ3v) is 37.2. The third-order valence-electron chi connectivity index (χ3n) is 18.9. The number of H-pyrrole nitrogens is 3. The Hall–Kier alpha value is -4.98. The van der Waals surface area contributed by atoms with E-state index in [0.717, 1.165) is 69.4 Å². The number of sulfone groups is 2. The summed E-state index contributed by atoms with van der Waals surface area (Å²) in [7, 11) is -4.67. The van der Waals surface area contributed by atoms with Crippen LogP contribution in [0.25, 0.3) is 21.4 Å². The average molecular weight is 2400 g/mol. The van der Waals surface area contributed by atoms with E-state index in [4.69, 9.17) is 85.7 Å². The number of rotatable bonds is 22. The SMILES string of the molecule is Brc1nccc(Nc2cc(C3CC3)[nH]n2)n1.CC(C)(C)CS(=O)(=O)c1ccc(B2OC(C)(C)C(C)(C)O2)s1.CC(C)(C)CS(=O)(=O)c1ccc(Br)s1.CC(C)(C)N.CC(C)(C)NS(=O)(=O)c1ccc(-c2nccc(Nc3cc(C4CC4)[nH]n3)n2)s1.CC(C)(O)C(C)(C)O.CC(O)C(C)(C)O.ClB(Cl)Cl.NS(=O)(=O)c1ccc(-c2nccc(Nc3cc(C4CC4)[nH]n3)n2)s1.O=S(=O)(Cl)c1ccc(Br)s1.[B][B]. The molecule has 15 rings (SSSR count). The Balaban J connectivity index is 0.000000287. The van der Waals surface area contributed by atoms with E-state index in [2.05, 4.69) is 144 Å². The number of halogens is 7. The zero-order chi connectivity index (χ0) is 107. The molecule has 4 aliphatic rings. The number of anilines is 6. The second-order valence-electron chi connectivity index (χ2n) is 39.2. The van der Waals surface area contributed by atoms with Gasteiger partial charge in [-0.05, 0) is 288 Å². The van der Waals surface area contributed by atoms with Crippen LogP contribution in [0.3, 0.4) is 0 Å². The minimum atomic E-state index is -3.71. The number of nitrogens with one attached hydrogen (secondary N) is 7. The molecule has 11 aromatic rings. The summed E-state index contributed by atoms with van der Waals surface area (Å²) in [6.45, 7) is 41.8. The predicted molar refractivity (Wildman–Crippen MR) is 583 cm³/mol. The average Bonchev–Trinajstić information content (AvgIpc) is 1.61. The standard InChI is InChI=1S/C18H22N6O2S2.C15H25BO4S2.C14H14N6O2S2.C10H10BrN5.C9H13BrO2S2.C6H14O2.C5H12O2.C4H2BrClO2S2.C4H11N.B2.BCl3/c1-18(2,3)24-28(25,26)16-7-6-13(27-16)17-19-9-8-14(21-17)20-15-10-12(22-23-15)11-4-5-11;1-13(2,3)10-22(17,18)12-9-8-11(21-12)16-19-14(4,5)15(6,7)20-16;15-24(21,22)13-4-3-10(23-13)14-16-6-5-11(18-14)17-12-7-9(19-20-12)8-1-2-8;11-10-12-4-3-8(14-10)13-9-5-7(15-16-9)6-1-2-6;1-9(2,3)6-14(11,12)8-5-4-7(10)13-8;1-5(2,7)6(3,4)8;1-4(6)5(2,3)7;5-3-1-2-4(9-3)10(6,7)8;1-4(2,3)5;1-2;2-1(3)4/h6-11,24H,4-5H2,1-3H3,(H2,19,20,21,22,23);8-9H,10H2,1-7H3;3-8H,1-2H2,(H2,15,21,22)(H2,16,17,18,19,20);3-6H,1-2H2,(H2,12,13,14,15,16);4-5H,6H2,1-3H3;7-8H,1-4H3;4,6-7H,1-3H3;1-2H;5H2,1-3H3;;. The summed E-state index contributed by atoms with van der Waals surface area (Å²) in [6, 6.07) is 27.6. The van der Waals surface area contributed by atoms with Gasteiger partial charge in [0.2, 0.25) is 10.0 Å². The lowest BCUT2D eigenvalue weighted by Crippen LogP contribution is -2.44. The second-order valence-corrected chi connectivity index (χ2v) is 61.0. The van der Waals surface area contributed by atoms with Gasteiger partial charge in [0, 0.05) is 114 Å². The lowest BCUT2D eigenvalue weighted by atomic mass is 9.81. The van der Waals surface area contributed by atoms with Crippen molar-refractivity contribution in [3.63, 3.8) is 0 Å². The maximum atomic E-state index is 12.5. The fraction of sp³-hybridized carbons (Fsp3) is 0.518. The summed E-state index contributed by atoms with van der Waals surface area (Å²) in [4.78, 5) is 26.1. The van der Waals surface area contributed by atoms with Crippen LogP contribution in [-0.4, -0.2) is 207 Å². The number of aromatic amines is 3. The Morgan fingerprint density at radius 3 is 1.10 bits per heavy atom. The number of nitrogens with two attached hydrogens (primary N) is 2. The van der Waals surface area contributed by atoms with E-state index < -0.39 is 100 Å². The molecule has 1 atom stereocenters. The Bertz CT molecular complexity index is 6340. The van der Waals surface area contributed by atoms with Gasteiger partial charge in [0.05, 0.1) is 62.9 Å². The van der Waals surface area contributed by atoms with Crippen molar-refractivity contribution >= 4 is 266 Å². The fourth-order valence-electron chi connectivity index (χ4n) is 10.3. The van der Waals surface area contributed by atoms with Gasteiger partial charge in [-0.25, -0.2) is 81.9 Å². The topological polar surface area (TPSA) is 534 Å². The van der Waals surface area contributed by atoms with E-state index in [9.17, 15) is 42.1 Å². The van der Waals surface area contributed by atoms with E-state index in [1.807, 2.05) is 108 Å². The second kappa shape index (κ2) is 52.3. The van der Waals surface area contributed by atoms with Gasteiger partial charge < -0.3 is 51.4 Å². The van der Waals surface area contributed by atoms with Gasteiger partial charge in [0.25, 0.3) is 19.1 Å². The van der Waals surface area contributed by atoms with Crippen molar-refractivity contribution in [2.45, 2.75) is 282 Å². The minimum absolute atomic E-state index is 0. The Labute approximate surface area is 891 Å². The van der Waals surface area contributed by atoms with E-state index >= 15 is 0 Å². The molecule has 4 radical (unpaired) electrons. The molecule has 4 fully saturated rings. The highest BCUT2D eigenvalue weighted by Crippen LogP contribution is 2.44. The molecule has 140 heavy (non-hydrogen) atoms. The predicted octanol–water partition coefficient (Wildman–Crippen LogP) is 19.4. The first kappa shape index (κ1) is 125. The van der Waals surface area contributed by atoms with Gasteiger partial charge in [-0.15, -0.1) is 56.7 Å². The van der Waals surface area contributed by atoms with Crippen molar-refractivity contribution in [3.8, 4) is 21.4 Å². The van der Waals surface area contributed by atoms with Crippen molar-refractivity contribution < 1.29 is 71.8 Å². The molecular formula is C85H123B4Br3Cl4N18O16S10. The molecular weight excluding hydrogens is 2270 g/mol. The quantitative estimate of drug-likeness (QED) is 0.0170. The van der Waals surface area contributed by atoms with Crippen molar-refractivity contribution in [1.82, 2.24) is 65.2 Å². The lowest BCUT2D eigenvalue weighted by molar-refractivity contribution is -0.107. The molecule has 11 aromatic heterocycles. The van der Waals surface area contributed by atoms with Crippen LogP contribution in [0.15, 0.2) is 149 Å². The van der Waals surface area contributed by atoms with Crippen molar-refractivity contribution in [2.75, 3.05) is 27.5 Å². The van der Waals surface area contributed by atoms with Crippen LogP contribution in [0.1, 0.15) is 233 Å². The summed E-state index contributed by atoms with van der Waals surface area (Å²) < 4.78 is 136. The van der Waals surface area contributed by atoms with Crippen LogP contribution in [0.5, 0.6) is 0 Å². The number of aromatic nitrogens is 12. The molecule has 770 valence electrons. The number of primary sulfonamides is 1. The molecule has 12 heterocycles. The van der Waals surface area contributed by atoms with E-state index in [-0.39, 0.29) is 40.5 Å². The number of nitrogens with zero attached hydrogens (tertiary/aromatic N) is 9. The van der Waals surface area contributed by atoms with Gasteiger partial charge in [-0.3, -0.25) is 15.3 Å². The minimum Gasteiger partial charge on any atom is -0.399 e. The maximum absolute atomic E-state index is 12.5. The highest BCUT2D eigenvalue weighted by atomic mass is 79.9. The van der Waals surface area contributed by atoms with Gasteiger partial charge in [-0.2, -0.15) is 49.7 Å². The van der Waals surface area contributed by atoms with Crippen LogP contribution < -0.4 is 36.3 Å². The molecule has 55 heteroatoms. The first-order valence-electron chi connectivity index (χ1n) is 43.0. The third kappa shape index (κ3) is 46.2. The van der Waals surface area contributed by atoms with E-state index in [1.54, 1.807) is 155 Å². The Morgan fingerprint density at radius 1 is 0.500 bits per heavy atom. The van der Waals surface area contributed by atoms with Crippen LogP contribution in [0.2, 0.25) is 0 Å². The molecule has 0 aromatic carbocycles. The highest BCUT2D eigenvalue weighted by molar-refractivity contribution is 9.11. The van der Waals surface area contributed by atoms with Gasteiger partial charge in [0.1, 0.15) is 38.5 Å². The van der Waals surface area contributed by atoms with Gasteiger partial charge in [-0.1, -0.05) is 47.6 Å². The summed E-state index contributed by atoms with van der Waals surface area (Å²) in [5.41, 5.74) is 4.00. The molecule has 3 aliphatic carbocycles. The van der Waals surface area contributed by atoms with E-state index in [1.165, 1.54) is 79.0 Å². The zero-order valence-corrected chi connectivity index (χ0v) is 97.8. The summed E-state index contributed by atoms with van der Waals surface area (Å²) in [6.07, 6.45) is 11.6. The van der Waals surface area contributed by atoms with Gasteiger partial charge in [0.15, 0.2) is 53.5 Å². The zero-order valence-electron chi connectivity index (χ0n) is 81.8. The first-order chi connectivity index (χ1) is 63.9. The number of thiophene rings is 5. The summed E-state index contributed by atoms with van der Waals surface area (Å²) in [5, 5.41) is 72.0. The normalized spacial score (nSPS) is 15.0. The number of sulfonamides is 2. The summed E-state index contributed by atoms with van der Waals surface area (Å²) >= 11 is 29.8. The first-order valence-corrected chi connectivity index (χ1v) is 59.4. The molecule has 1 unspecified atom stereocenters. The molecule has 15 N–H and O–H groups in total. The van der Waals surface area contributed by atoms with Crippen LogP contribution >= 0.6 is 150 Å². The van der Waals surface area contributed by atoms with Crippen LogP contribution in [0.4, 0.5) is 34.9 Å². The van der Waals surface area contributed by atoms with Crippen molar-refractivity contribution in [2.24, 2.45) is 21.7 Å². The van der Waals surface area contributed by atoms with Crippen LogP contribution in [-0.2, 0) is 58.1 Å². The molecule has 1 saturated heterocycles. The molecule has 0 spiro atoms. The van der Waals surface area contributed by atoms with Crippen LogP contribution in [0, 0.1) is 10.8 Å². The lowest BCUT2D eigenvalue weighted by Gasteiger charge is -2.32. The summed E-state index contributed by atoms with van der Waals surface area (Å²) in [5.74, 6) is 7.19. The number of hydrogen-bond donors (Lipinski definition) is 13. The fourth-order valence-corrected chi connectivity index (χ4v) is 24.9. The molecule has 1 aliphatic heterocycles. The molecule has 0 bridgehead atoms. The highest BCUT2D eigenvalue weighted by Gasteiger charge is 2.52. The largest absolute Gasteiger partial charge is 0.505 e.